The van der Waals surface area contributed by atoms with Crippen LogP contribution in [0.2, 0.25) is 0 Å². The normalized spacial score (nSPS) is 12.1. The lowest BCUT2D eigenvalue weighted by molar-refractivity contribution is 0.331. The number of hydrogen-bond donors (Lipinski definition) is 1. The van der Waals surface area contributed by atoms with Gasteiger partial charge >= 0.3 is 0 Å². The topological polar surface area (TPSA) is 75.9 Å². The zero-order chi connectivity index (χ0) is 16.0. The quantitative estimate of drug-likeness (QED) is 0.731. The summed E-state index contributed by atoms with van der Waals surface area (Å²) in [7, 11) is 1.66. The second-order valence-electron chi connectivity index (χ2n) is 5.12. The van der Waals surface area contributed by atoms with E-state index in [0.29, 0.717) is 31.1 Å². The summed E-state index contributed by atoms with van der Waals surface area (Å²) in [6.07, 6.45) is 0.747. The minimum atomic E-state index is -3.62. The van der Waals surface area contributed by atoms with Crippen LogP contribution in [-0.2, 0) is 10.0 Å². The van der Waals surface area contributed by atoms with E-state index in [2.05, 4.69) is 0 Å². The molecule has 0 unspecified atom stereocenters. The molecule has 21 heavy (non-hydrogen) atoms. The summed E-state index contributed by atoms with van der Waals surface area (Å²) in [4.78, 5) is 2.08. The first-order chi connectivity index (χ1) is 9.82. The molecule has 120 valence electrons. The van der Waals surface area contributed by atoms with Crippen LogP contribution in [-0.4, -0.2) is 58.5 Å². The van der Waals surface area contributed by atoms with Gasteiger partial charge in [-0.15, -0.1) is 0 Å². The summed E-state index contributed by atoms with van der Waals surface area (Å²) in [6, 6.07) is 4.66. The van der Waals surface area contributed by atoms with Crippen molar-refractivity contribution < 1.29 is 13.2 Å². The summed E-state index contributed by atoms with van der Waals surface area (Å²) in [5.41, 5.74) is 6.13. The number of nitrogens with zero attached hydrogens (tertiary/aromatic N) is 2. The molecule has 0 spiro atoms. The highest BCUT2D eigenvalue weighted by molar-refractivity contribution is 7.89. The van der Waals surface area contributed by atoms with Gasteiger partial charge in [0, 0.05) is 25.3 Å². The summed E-state index contributed by atoms with van der Waals surface area (Å²) >= 11 is 0. The van der Waals surface area contributed by atoms with Crippen LogP contribution in [0.15, 0.2) is 23.1 Å². The number of rotatable bonds is 8. The maximum atomic E-state index is 12.8. The average molecular weight is 315 g/mol. The molecule has 0 saturated heterocycles. The molecule has 0 saturated carbocycles. The van der Waals surface area contributed by atoms with E-state index in [1.807, 2.05) is 25.9 Å². The highest BCUT2D eigenvalue weighted by atomic mass is 32.2. The van der Waals surface area contributed by atoms with Gasteiger partial charge in [0.25, 0.3) is 0 Å². The molecule has 1 aromatic carbocycles. The van der Waals surface area contributed by atoms with E-state index in [-0.39, 0.29) is 4.90 Å². The van der Waals surface area contributed by atoms with Crippen LogP contribution in [0.3, 0.4) is 0 Å². The van der Waals surface area contributed by atoms with Crippen molar-refractivity contribution in [3.8, 4) is 5.75 Å². The highest BCUT2D eigenvalue weighted by Crippen LogP contribution is 2.28. The third-order valence-corrected chi connectivity index (χ3v) is 4.99. The van der Waals surface area contributed by atoms with Crippen molar-refractivity contribution in [2.45, 2.75) is 18.2 Å². The van der Waals surface area contributed by atoms with Crippen molar-refractivity contribution >= 4 is 15.7 Å². The Morgan fingerprint density at radius 1 is 1.19 bits per heavy atom. The number of hydrogen-bond acceptors (Lipinski definition) is 5. The second-order valence-corrected chi connectivity index (χ2v) is 7.02. The van der Waals surface area contributed by atoms with Crippen LogP contribution in [0.5, 0.6) is 5.75 Å². The minimum absolute atomic E-state index is 0.122. The van der Waals surface area contributed by atoms with Crippen molar-refractivity contribution in [2.75, 3.05) is 46.6 Å². The van der Waals surface area contributed by atoms with Gasteiger partial charge in [-0.3, -0.25) is 0 Å². The average Bonchev–Trinajstić information content (AvgIpc) is 2.43. The lowest BCUT2D eigenvalue weighted by Gasteiger charge is -2.24. The second kappa shape index (κ2) is 7.63. The van der Waals surface area contributed by atoms with Gasteiger partial charge in [0.2, 0.25) is 10.0 Å². The third-order valence-electron chi connectivity index (χ3n) is 3.08. The molecule has 1 rings (SSSR count). The van der Waals surface area contributed by atoms with Crippen molar-refractivity contribution in [2.24, 2.45) is 0 Å². The molecule has 0 aliphatic rings. The van der Waals surface area contributed by atoms with Crippen LogP contribution in [0.1, 0.15) is 13.3 Å². The van der Waals surface area contributed by atoms with E-state index < -0.39 is 10.0 Å². The first kappa shape index (κ1) is 17.7. The molecule has 2 N–H and O–H groups in total. The lowest BCUT2D eigenvalue weighted by Crippen LogP contribution is -2.37. The van der Waals surface area contributed by atoms with E-state index in [1.165, 1.54) is 17.5 Å². The maximum absolute atomic E-state index is 12.8. The number of methoxy groups -OCH3 is 1. The Labute approximate surface area is 127 Å². The fraction of sp³-hybridized carbons (Fsp3) is 0.571. The van der Waals surface area contributed by atoms with Gasteiger partial charge in [0.15, 0.2) is 0 Å². The molecule has 1 aromatic rings. The third kappa shape index (κ3) is 4.59. The zero-order valence-corrected chi connectivity index (χ0v) is 14.0. The fourth-order valence-corrected chi connectivity index (χ4v) is 3.66. The van der Waals surface area contributed by atoms with Gasteiger partial charge in [-0.05, 0) is 38.7 Å². The molecule has 0 aliphatic carbocycles. The number of nitrogen functional groups attached to an aromatic ring is 1. The largest absolute Gasteiger partial charge is 0.495 e. The van der Waals surface area contributed by atoms with Gasteiger partial charge < -0.3 is 15.4 Å². The molecule has 6 nitrogen and oxygen atoms in total. The molecule has 0 heterocycles. The smallest absolute Gasteiger partial charge is 0.246 e. The van der Waals surface area contributed by atoms with Crippen LogP contribution in [0.4, 0.5) is 5.69 Å². The standard InChI is InChI=1S/C14H25N3O3S/c1-5-8-17(10-9-16(2)3)21(18,19)14-11-12(15)6-7-13(14)20-4/h6-7,11H,5,8-10,15H2,1-4H3. The van der Waals surface area contributed by atoms with Crippen LogP contribution < -0.4 is 10.5 Å². The molecule has 0 amide bonds. The summed E-state index contributed by atoms with van der Waals surface area (Å²) < 4.78 is 32.3. The Morgan fingerprint density at radius 2 is 1.86 bits per heavy atom. The minimum Gasteiger partial charge on any atom is -0.495 e. The SMILES string of the molecule is CCCN(CCN(C)C)S(=O)(=O)c1cc(N)ccc1OC. The Kier molecular flexibility index (Phi) is 6.44. The van der Waals surface area contributed by atoms with Gasteiger partial charge in [0.05, 0.1) is 7.11 Å². The Balaban J connectivity index is 3.18. The predicted molar refractivity (Wildman–Crippen MR) is 85.0 cm³/mol. The fourth-order valence-electron chi connectivity index (χ4n) is 1.95. The monoisotopic (exact) mass is 315 g/mol. The number of benzene rings is 1. The van der Waals surface area contributed by atoms with E-state index >= 15 is 0 Å². The number of ether oxygens (including phenoxy) is 1. The number of likely N-dealkylation sites (N-methyl/N-ethyl adjacent to an activating group) is 1. The molecule has 0 aromatic heterocycles. The van der Waals surface area contributed by atoms with E-state index in [9.17, 15) is 8.42 Å². The summed E-state index contributed by atoms with van der Waals surface area (Å²) in [6.45, 7) is 3.51. The maximum Gasteiger partial charge on any atom is 0.246 e. The van der Waals surface area contributed by atoms with Gasteiger partial charge in [-0.25, -0.2) is 8.42 Å². The Morgan fingerprint density at radius 3 is 2.38 bits per heavy atom. The van der Waals surface area contributed by atoms with Gasteiger partial charge in [-0.2, -0.15) is 4.31 Å². The van der Waals surface area contributed by atoms with Crippen molar-refractivity contribution in [3.05, 3.63) is 18.2 Å². The number of nitrogens with two attached hydrogens (primary N) is 1. The summed E-state index contributed by atoms with van der Waals surface area (Å²) in [5.74, 6) is 0.315. The molecule has 0 atom stereocenters. The van der Waals surface area contributed by atoms with E-state index in [1.54, 1.807) is 12.1 Å². The van der Waals surface area contributed by atoms with Crippen molar-refractivity contribution in [1.82, 2.24) is 9.21 Å². The summed E-state index contributed by atoms with van der Waals surface area (Å²) in [5, 5.41) is 0. The molecule has 0 bridgehead atoms. The first-order valence-corrected chi connectivity index (χ1v) is 8.35. The molecular weight excluding hydrogens is 290 g/mol. The molecule has 0 fully saturated rings. The lowest BCUT2D eigenvalue weighted by atomic mass is 10.3. The van der Waals surface area contributed by atoms with Crippen LogP contribution >= 0.6 is 0 Å². The van der Waals surface area contributed by atoms with Gasteiger partial charge in [0.1, 0.15) is 10.6 Å². The van der Waals surface area contributed by atoms with E-state index in [4.69, 9.17) is 10.5 Å². The Bertz CT molecular complexity index is 559. The molecule has 7 heteroatoms. The van der Waals surface area contributed by atoms with Gasteiger partial charge in [-0.1, -0.05) is 6.92 Å². The number of sulfonamides is 1. The Hall–Kier alpha value is -1.31. The van der Waals surface area contributed by atoms with Crippen molar-refractivity contribution in [3.63, 3.8) is 0 Å². The molecular formula is C14H25N3O3S. The zero-order valence-electron chi connectivity index (χ0n) is 13.2. The highest BCUT2D eigenvalue weighted by Gasteiger charge is 2.27. The predicted octanol–water partition coefficient (Wildman–Crippen LogP) is 1.24. The number of anilines is 1. The molecule has 0 radical (unpaired) electrons. The van der Waals surface area contributed by atoms with Crippen LogP contribution in [0.25, 0.3) is 0 Å². The molecule has 0 aliphatic heterocycles. The first-order valence-electron chi connectivity index (χ1n) is 6.91. The van der Waals surface area contributed by atoms with Crippen LogP contribution in [0, 0.1) is 0 Å². The van der Waals surface area contributed by atoms with E-state index in [0.717, 1.165) is 6.42 Å². The van der Waals surface area contributed by atoms with Crippen molar-refractivity contribution in [1.29, 1.82) is 0 Å².